The van der Waals surface area contributed by atoms with E-state index in [9.17, 15) is 10.1 Å². The van der Waals surface area contributed by atoms with Gasteiger partial charge < -0.3 is 25.4 Å². The van der Waals surface area contributed by atoms with Crippen LogP contribution in [0.3, 0.4) is 0 Å². The van der Waals surface area contributed by atoms with Crippen molar-refractivity contribution < 1.29 is 19.7 Å². The van der Waals surface area contributed by atoms with E-state index in [-0.39, 0.29) is 23.7 Å². The second-order valence-corrected chi connectivity index (χ2v) is 8.53. The number of piperidine rings is 1. The Bertz CT molecular complexity index is 1410. The fourth-order valence-corrected chi connectivity index (χ4v) is 3.93. The van der Waals surface area contributed by atoms with Gasteiger partial charge in [0.05, 0.1) is 18.4 Å². The molecular formula is C26H28N9O3+. The molecule has 0 spiro atoms. The van der Waals surface area contributed by atoms with E-state index in [0.29, 0.717) is 60.6 Å². The molecule has 0 radical (unpaired) electrons. The lowest BCUT2D eigenvalue weighted by Crippen LogP contribution is -2.53. The molecule has 1 aliphatic rings. The van der Waals surface area contributed by atoms with Crippen LogP contribution < -0.4 is 25.9 Å². The van der Waals surface area contributed by atoms with Crippen molar-refractivity contribution in [2.24, 2.45) is 10.7 Å². The molecule has 194 valence electrons. The van der Waals surface area contributed by atoms with E-state index in [4.69, 9.17) is 20.6 Å². The van der Waals surface area contributed by atoms with Crippen LogP contribution in [0.4, 0.5) is 11.8 Å². The maximum absolute atomic E-state index is 12.4. The highest BCUT2D eigenvalue weighted by atomic mass is 16.5. The molecule has 3 aromatic rings. The monoisotopic (exact) mass is 514 g/mol. The van der Waals surface area contributed by atoms with Gasteiger partial charge in [-0.3, -0.25) is 10.2 Å². The van der Waals surface area contributed by atoms with Crippen molar-refractivity contribution in [2.75, 3.05) is 25.5 Å². The molecule has 0 unspecified atom stereocenters. The standard InChI is InChI=1S/C26H27N9O3/c1-16(28)31-24(29)25(36)35-12-9-19(10-13-35)38-21-7-6-17(14-18(21)15-27)20-8-11-30-26(32-20)34-22-4-3-5-23(33-22)37-2/h3-8,11,14,19H,9-10,12-13H2,1-2H3,(H3,28,29,31)(H,30,32,33,34)/p+1. The van der Waals surface area contributed by atoms with Crippen LogP contribution in [0.15, 0.2) is 53.7 Å². The largest absolute Gasteiger partial charge is 0.489 e. The Morgan fingerprint density at radius 3 is 2.74 bits per heavy atom. The molecular weight excluding hydrogens is 486 g/mol. The third-order valence-corrected chi connectivity index (χ3v) is 5.76. The van der Waals surface area contributed by atoms with Crippen molar-refractivity contribution in [2.45, 2.75) is 25.9 Å². The first-order chi connectivity index (χ1) is 18.4. The lowest BCUT2D eigenvalue weighted by molar-refractivity contribution is -0.145. The molecule has 0 saturated carbocycles. The number of methoxy groups -OCH3 is 1. The Hall–Kier alpha value is -5.05. The number of likely N-dealkylation sites (tertiary alicyclic amines) is 1. The molecule has 5 N–H and O–H groups in total. The third kappa shape index (κ3) is 6.38. The van der Waals surface area contributed by atoms with Gasteiger partial charge in [-0.05, 0) is 35.3 Å². The van der Waals surface area contributed by atoms with Crippen LogP contribution >= 0.6 is 0 Å². The first kappa shape index (κ1) is 26.0. The summed E-state index contributed by atoms with van der Waals surface area (Å²) >= 11 is 0. The summed E-state index contributed by atoms with van der Waals surface area (Å²) in [6.07, 6.45) is 2.66. The lowest BCUT2D eigenvalue weighted by Gasteiger charge is -2.31. The Morgan fingerprint density at radius 1 is 1.24 bits per heavy atom. The van der Waals surface area contributed by atoms with Gasteiger partial charge in [0.25, 0.3) is 0 Å². The van der Waals surface area contributed by atoms with E-state index in [2.05, 4.69) is 31.3 Å². The van der Waals surface area contributed by atoms with Gasteiger partial charge in [0.2, 0.25) is 17.7 Å². The number of pyridine rings is 1. The van der Waals surface area contributed by atoms with Crippen LogP contribution in [0.2, 0.25) is 0 Å². The zero-order chi connectivity index (χ0) is 27.1. The second-order valence-electron chi connectivity index (χ2n) is 8.53. The topological polar surface area (TPSA) is 177 Å². The first-order valence-corrected chi connectivity index (χ1v) is 11.9. The van der Waals surface area contributed by atoms with Gasteiger partial charge in [-0.1, -0.05) is 6.07 Å². The van der Waals surface area contributed by atoms with Crippen molar-refractivity contribution in [3.05, 3.63) is 54.2 Å². The number of benzene rings is 1. The summed E-state index contributed by atoms with van der Waals surface area (Å²) in [6.45, 7) is 2.49. The van der Waals surface area contributed by atoms with E-state index in [0.717, 1.165) is 5.56 Å². The number of nitrogens with one attached hydrogen (secondary N) is 1. The summed E-state index contributed by atoms with van der Waals surface area (Å²) in [5.41, 5.74) is 7.26. The highest BCUT2D eigenvalue weighted by molar-refractivity contribution is 6.37. The zero-order valence-corrected chi connectivity index (χ0v) is 21.1. The predicted octanol–water partition coefficient (Wildman–Crippen LogP) is 1.07. The van der Waals surface area contributed by atoms with E-state index in [1.807, 2.05) is 12.1 Å². The Kier molecular flexibility index (Phi) is 8.07. The fourth-order valence-electron chi connectivity index (χ4n) is 3.93. The molecule has 0 bridgehead atoms. The van der Waals surface area contributed by atoms with Crippen LogP contribution in [0.25, 0.3) is 11.3 Å². The highest BCUT2D eigenvalue weighted by Gasteiger charge is 2.29. The number of amidine groups is 2. The van der Waals surface area contributed by atoms with Gasteiger partial charge in [-0.25, -0.2) is 9.97 Å². The molecule has 12 heteroatoms. The average Bonchev–Trinajstić information content (AvgIpc) is 2.93. The second kappa shape index (κ2) is 11.8. The average molecular weight is 515 g/mol. The number of rotatable bonds is 6. The molecule has 1 fully saturated rings. The van der Waals surface area contributed by atoms with Crippen molar-refractivity contribution in [1.29, 1.82) is 5.26 Å². The van der Waals surface area contributed by atoms with Crippen LogP contribution in [0.1, 0.15) is 25.3 Å². The maximum Gasteiger partial charge on any atom is 0.381 e. The Labute approximate surface area is 219 Å². The van der Waals surface area contributed by atoms with E-state index < -0.39 is 0 Å². The maximum atomic E-state index is 12.4. The van der Waals surface area contributed by atoms with E-state index in [1.54, 1.807) is 55.5 Å². The van der Waals surface area contributed by atoms with Gasteiger partial charge in [0, 0.05) is 50.7 Å². The number of nitrogens with two attached hydrogens (primary N) is 2. The fraction of sp³-hybridized carbons (Fsp3) is 0.269. The summed E-state index contributed by atoms with van der Waals surface area (Å²) in [4.78, 5) is 31.0. The quantitative estimate of drug-likeness (QED) is 0.320. The molecule has 1 saturated heterocycles. The van der Waals surface area contributed by atoms with E-state index >= 15 is 0 Å². The number of nitriles is 1. The minimum atomic E-state index is -0.351. The Morgan fingerprint density at radius 2 is 2.03 bits per heavy atom. The molecule has 1 aromatic carbocycles. The van der Waals surface area contributed by atoms with Gasteiger partial charge in [-0.2, -0.15) is 10.2 Å². The van der Waals surface area contributed by atoms with Gasteiger partial charge in [-0.15, -0.1) is 0 Å². The number of amides is 1. The van der Waals surface area contributed by atoms with Crippen molar-refractivity contribution in [3.8, 4) is 29.0 Å². The number of anilines is 2. The number of nitrogens with zero attached hydrogens (tertiary/aromatic N) is 6. The number of hydrogen-bond acceptors (Lipinski definition) is 8. The van der Waals surface area contributed by atoms with Gasteiger partial charge >= 0.3 is 11.7 Å². The normalized spacial score (nSPS) is 13.9. The molecule has 3 heterocycles. The molecule has 2 aromatic heterocycles. The summed E-state index contributed by atoms with van der Waals surface area (Å²) in [5.74, 6) is 1.59. The van der Waals surface area contributed by atoms with Crippen molar-refractivity contribution in [3.63, 3.8) is 0 Å². The van der Waals surface area contributed by atoms with Crippen LogP contribution in [0.5, 0.6) is 11.6 Å². The minimum Gasteiger partial charge on any atom is -0.489 e. The van der Waals surface area contributed by atoms with E-state index in [1.165, 1.54) is 0 Å². The summed E-state index contributed by atoms with van der Waals surface area (Å²) < 4.78 is 11.3. The highest BCUT2D eigenvalue weighted by Crippen LogP contribution is 2.28. The Balaban J connectivity index is 1.42. The number of ether oxygens (including phenoxy) is 2. The van der Waals surface area contributed by atoms with Crippen molar-refractivity contribution >= 4 is 29.3 Å². The number of aromatic nitrogens is 3. The summed E-state index contributed by atoms with van der Waals surface area (Å²) in [5, 5.41) is 18.6. The molecule has 38 heavy (non-hydrogen) atoms. The molecule has 0 aliphatic carbocycles. The summed E-state index contributed by atoms with van der Waals surface area (Å²) in [6, 6.07) is 14.6. The molecule has 1 amide bonds. The molecule has 4 rings (SSSR count). The number of hydrogen-bond donors (Lipinski definition) is 3. The third-order valence-electron chi connectivity index (χ3n) is 5.76. The zero-order valence-electron chi connectivity index (χ0n) is 21.1. The first-order valence-electron chi connectivity index (χ1n) is 11.9. The molecule has 1 aliphatic heterocycles. The summed E-state index contributed by atoms with van der Waals surface area (Å²) in [7, 11) is 1.54. The predicted molar refractivity (Wildman–Crippen MR) is 141 cm³/mol. The van der Waals surface area contributed by atoms with Crippen molar-refractivity contribution in [1.82, 2.24) is 19.9 Å². The van der Waals surface area contributed by atoms with Crippen LogP contribution in [-0.2, 0) is 4.79 Å². The minimum absolute atomic E-state index is 0.130. The number of carbonyl (C=O) groups excluding carboxylic acids is 1. The van der Waals surface area contributed by atoms with Gasteiger partial charge in [0.1, 0.15) is 23.7 Å². The molecule has 0 atom stereocenters. The lowest BCUT2D eigenvalue weighted by atomic mass is 10.1. The molecule has 12 nitrogen and oxygen atoms in total. The number of carbonyl (C=O) groups is 1. The number of aliphatic imine (C=N–C) groups is 1. The van der Waals surface area contributed by atoms with Crippen LogP contribution in [-0.4, -0.2) is 63.7 Å². The van der Waals surface area contributed by atoms with Crippen LogP contribution in [0, 0.1) is 11.3 Å². The SMILES string of the molecule is COc1cccc(Nc2nccc(-c3ccc(OC4CCN(C(=O)C(=[NH2+])N=C(C)N)CC4)c(C#N)c3)n2)n1. The van der Waals surface area contributed by atoms with Gasteiger partial charge in [0.15, 0.2) is 0 Å². The smallest absolute Gasteiger partial charge is 0.381 e.